The second-order valence-electron chi connectivity index (χ2n) is 5.11. The first-order chi connectivity index (χ1) is 9.92. The van der Waals surface area contributed by atoms with Gasteiger partial charge in [-0.25, -0.2) is 8.78 Å². The third kappa shape index (κ3) is 3.53. The van der Waals surface area contributed by atoms with E-state index in [4.69, 9.17) is 16.3 Å². The maximum atomic E-state index is 14.0. The number of rotatable bonds is 4. The molecule has 0 N–H and O–H groups in total. The first-order valence-electron chi connectivity index (χ1n) is 6.65. The van der Waals surface area contributed by atoms with Crippen molar-refractivity contribution < 1.29 is 13.5 Å². The molecule has 0 fully saturated rings. The molecule has 1 nitrogen and oxygen atoms in total. The van der Waals surface area contributed by atoms with Gasteiger partial charge in [0.25, 0.3) is 0 Å². The summed E-state index contributed by atoms with van der Waals surface area (Å²) < 4.78 is 32.9. The van der Waals surface area contributed by atoms with Crippen molar-refractivity contribution in [2.75, 3.05) is 7.11 Å². The molecule has 0 spiro atoms. The van der Waals surface area contributed by atoms with E-state index in [1.807, 2.05) is 32.0 Å². The zero-order valence-corrected chi connectivity index (χ0v) is 13.0. The van der Waals surface area contributed by atoms with Crippen LogP contribution in [0.3, 0.4) is 0 Å². The maximum absolute atomic E-state index is 14.0. The van der Waals surface area contributed by atoms with Crippen molar-refractivity contribution in [3.63, 3.8) is 0 Å². The Hall–Kier alpha value is -1.61. The Morgan fingerprint density at radius 1 is 1.10 bits per heavy atom. The third-order valence-corrected chi connectivity index (χ3v) is 3.88. The molecule has 0 heterocycles. The summed E-state index contributed by atoms with van der Waals surface area (Å²) >= 11 is 6.25. The summed E-state index contributed by atoms with van der Waals surface area (Å²) in [5.74, 6) is -1.22. The Labute approximate surface area is 128 Å². The molecule has 0 aliphatic carbocycles. The lowest BCUT2D eigenvalue weighted by atomic mass is 9.98. The Kier molecular flexibility index (Phi) is 4.84. The van der Waals surface area contributed by atoms with E-state index in [1.165, 1.54) is 7.11 Å². The largest absolute Gasteiger partial charge is 0.497 e. The second kappa shape index (κ2) is 6.44. The lowest BCUT2D eigenvalue weighted by Crippen LogP contribution is -2.04. The molecule has 4 heteroatoms. The molecule has 0 radical (unpaired) electrons. The van der Waals surface area contributed by atoms with Gasteiger partial charge < -0.3 is 4.74 Å². The van der Waals surface area contributed by atoms with Gasteiger partial charge in [-0.05, 0) is 31.4 Å². The van der Waals surface area contributed by atoms with E-state index in [-0.39, 0.29) is 11.3 Å². The van der Waals surface area contributed by atoms with Gasteiger partial charge in [0.1, 0.15) is 17.4 Å². The minimum atomic E-state index is -0.767. The monoisotopic (exact) mass is 310 g/mol. The third-order valence-electron chi connectivity index (χ3n) is 3.51. The van der Waals surface area contributed by atoms with Crippen LogP contribution in [0.25, 0.3) is 0 Å². The van der Waals surface area contributed by atoms with E-state index < -0.39 is 17.0 Å². The minimum Gasteiger partial charge on any atom is -0.497 e. The molecule has 2 aromatic carbocycles. The number of halogens is 3. The molecular formula is C17H17ClF2O. The molecule has 0 aliphatic heterocycles. The molecule has 2 aromatic rings. The molecule has 0 saturated heterocycles. The molecule has 0 amide bonds. The summed E-state index contributed by atoms with van der Waals surface area (Å²) in [4.78, 5) is 0. The molecular weight excluding hydrogens is 294 g/mol. The van der Waals surface area contributed by atoms with Crippen LogP contribution < -0.4 is 4.74 Å². The Morgan fingerprint density at radius 3 is 2.29 bits per heavy atom. The number of hydrogen-bond acceptors (Lipinski definition) is 1. The van der Waals surface area contributed by atoms with E-state index in [0.717, 1.165) is 28.8 Å². The predicted octanol–water partition coefficient (Wildman–Crippen LogP) is 5.11. The van der Waals surface area contributed by atoms with Crippen LogP contribution in [-0.4, -0.2) is 7.11 Å². The topological polar surface area (TPSA) is 9.23 Å². The highest BCUT2D eigenvalue weighted by molar-refractivity contribution is 6.21. The zero-order valence-electron chi connectivity index (χ0n) is 12.2. The summed E-state index contributed by atoms with van der Waals surface area (Å²) in [6.07, 6.45) is 0.370. The Balaban J connectivity index is 2.32. The number of benzene rings is 2. The quantitative estimate of drug-likeness (QED) is 0.713. The van der Waals surface area contributed by atoms with Crippen molar-refractivity contribution in [3.05, 3.63) is 64.2 Å². The molecule has 0 aliphatic rings. The van der Waals surface area contributed by atoms with E-state index in [9.17, 15) is 8.78 Å². The van der Waals surface area contributed by atoms with Gasteiger partial charge in [0.05, 0.1) is 12.5 Å². The van der Waals surface area contributed by atoms with E-state index >= 15 is 0 Å². The summed E-state index contributed by atoms with van der Waals surface area (Å²) in [7, 11) is 1.36. The smallest absolute Gasteiger partial charge is 0.134 e. The summed E-state index contributed by atoms with van der Waals surface area (Å²) in [5.41, 5.74) is 3.03. The van der Waals surface area contributed by atoms with Crippen molar-refractivity contribution in [1.82, 2.24) is 0 Å². The lowest BCUT2D eigenvalue weighted by molar-refractivity contribution is 0.405. The normalized spacial score (nSPS) is 12.3. The van der Waals surface area contributed by atoms with Crippen LogP contribution in [0, 0.1) is 25.5 Å². The lowest BCUT2D eigenvalue weighted by Gasteiger charge is -2.15. The average molecular weight is 311 g/mol. The van der Waals surface area contributed by atoms with E-state index in [1.54, 1.807) is 0 Å². The average Bonchev–Trinajstić information content (AvgIpc) is 2.42. The van der Waals surface area contributed by atoms with Crippen molar-refractivity contribution in [1.29, 1.82) is 0 Å². The van der Waals surface area contributed by atoms with Gasteiger partial charge in [0.2, 0.25) is 0 Å². The van der Waals surface area contributed by atoms with Crippen molar-refractivity contribution in [3.8, 4) is 5.75 Å². The van der Waals surface area contributed by atoms with Gasteiger partial charge in [-0.1, -0.05) is 23.8 Å². The zero-order chi connectivity index (χ0) is 15.6. The van der Waals surface area contributed by atoms with Crippen LogP contribution in [0.5, 0.6) is 5.75 Å². The summed E-state index contributed by atoms with van der Waals surface area (Å²) in [6, 6.07) is 8.27. The molecule has 2 rings (SSSR count). The number of hydrogen-bond donors (Lipinski definition) is 0. The molecule has 21 heavy (non-hydrogen) atoms. The van der Waals surface area contributed by atoms with Crippen LogP contribution in [0.2, 0.25) is 0 Å². The number of alkyl halides is 1. The molecule has 112 valence electrons. The van der Waals surface area contributed by atoms with Gasteiger partial charge >= 0.3 is 0 Å². The first-order valence-corrected chi connectivity index (χ1v) is 7.09. The van der Waals surface area contributed by atoms with Crippen LogP contribution in [-0.2, 0) is 6.42 Å². The first kappa shape index (κ1) is 15.8. The number of methoxy groups -OCH3 is 1. The van der Waals surface area contributed by atoms with Crippen molar-refractivity contribution >= 4 is 11.6 Å². The van der Waals surface area contributed by atoms with Crippen LogP contribution in [0.15, 0.2) is 30.3 Å². The molecule has 1 atom stereocenters. The van der Waals surface area contributed by atoms with Crippen molar-refractivity contribution in [2.45, 2.75) is 25.6 Å². The fourth-order valence-electron chi connectivity index (χ4n) is 2.29. The summed E-state index contributed by atoms with van der Waals surface area (Å²) in [6.45, 7) is 3.93. The maximum Gasteiger partial charge on any atom is 0.134 e. The number of aryl methyl sites for hydroxylation is 2. The Bertz CT molecular complexity index is 632. The van der Waals surface area contributed by atoms with Gasteiger partial charge in [-0.15, -0.1) is 11.6 Å². The van der Waals surface area contributed by atoms with E-state index in [2.05, 4.69) is 0 Å². The molecule has 1 unspecified atom stereocenters. The standard InChI is InChI=1S/C17H17ClF2O/c1-10-4-5-11(2)12(6-10)7-14(18)17-15(19)8-13(21-3)9-16(17)20/h4-6,8-9,14H,7H2,1-3H3. The second-order valence-corrected chi connectivity index (χ2v) is 5.63. The highest BCUT2D eigenvalue weighted by Gasteiger charge is 2.20. The molecule has 0 bridgehead atoms. The highest BCUT2D eigenvalue weighted by Crippen LogP contribution is 2.32. The number of ether oxygens (including phenoxy) is 1. The van der Waals surface area contributed by atoms with Crippen molar-refractivity contribution in [2.24, 2.45) is 0 Å². The SMILES string of the molecule is COc1cc(F)c(C(Cl)Cc2cc(C)ccc2C)c(F)c1. The van der Waals surface area contributed by atoms with Crippen LogP contribution in [0.4, 0.5) is 8.78 Å². The van der Waals surface area contributed by atoms with E-state index in [0.29, 0.717) is 6.42 Å². The van der Waals surface area contributed by atoms with Gasteiger partial charge in [0.15, 0.2) is 0 Å². The Morgan fingerprint density at radius 2 is 1.71 bits per heavy atom. The molecule has 0 aromatic heterocycles. The van der Waals surface area contributed by atoms with Crippen LogP contribution >= 0.6 is 11.6 Å². The fourth-order valence-corrected chi connectivity index (χ4v) is 2.67. The van der Waals surface area contributed by atoms with Gasteiger partial charge in [-0.3, -0.25) is 0 Å². The summed E-state index contributed by atoms with van der Waals surface area (Å²) in [5, 5.41) is -0.767. The predicted molar refractivity (Wildman–Crippen MR) is 81.1 cm³/mol. The fraction of sp³-hybridized carbons (Fsp3) is 0.294. The highest BCUT2D eigenvalue weighted by atomic mass is 35.5. The van der Waals surface area contributed by atoms with Gasteiger partial charge in [0, 0.05) is 17.7 Å². The van der Waals surface area contributed by atoms with Crippen LogP contribution in [0.1, 0.15) is 27.6 Å². The molecule has 0 saturated carbocycles. The van der Waals surface area contributed by atoms with Gasteiger partial charge in [-0.2, -0.15) is 0 Å². The minimum absolute atomic E-state index is 0.113.